The molecular weight excluding hydrogens is 388 g/mol. The zero-order valence-electron chi connectivity index (χ0n) is 14.7. The SMILES string of the molecule is O=C(O)CCO[C@@H]1[C@@H](O)[C@@H](O[C@H]2[C@H](O)[C@@H](O)[C@H](O)O[C@@H]2CO)O[C@H](CO)[C@H]1O. The van der Waals surface area contributed by atoms with E-state index >= 15 is 0 Å². The van der Waals surface area contributed by atoms with Crippen molar-refractivity contribution in [3.05, 3.63) is 0 Å². The lowest BCUT2D eigenvalue weighted by Gasteiger charge is -2.46. The highest BCUT2D eigenvalue weighted by Gasteiger charge is 2.50. The molecule has 0 aromatic heterocycles. The summed E-state index contributed by atoms with van der Waals surface area (Å²) in [4.78, 5) is 10.6. The van der Waals surface area contributed by atoms with E-state index in [-0.39, 0.29) is 6.61 Å². The summed E-state index contributed by atoms with van der Waals surface area (Å²) < 4.78 is 20.8. The first kappa shape index (κ1) is 23.3. The first-order valence-electron chi connectivity index (χ1n) is 8.63. The molecule has 0 spiro atoms. The largest absolute Gasteiger partial charge is 0.481 e. The summed E-state index contributed by atoms with van der Waals surface area (Å²) in [5.41, 5.74) is 0. The van der Waals surface area contributed by atoms with E-state index in [2.05, 4.69) is 0 Å². The van der Waals surface area contributed by atoms with Gasteiger partial charge < -0.3 is 59.8 Å². The normalized spacial score (nSPS) is 44.4. The quantitative estimate of drug-likeness (QED) is 0.187. The van der Waals surface area contributed by atoms with Crippen molar-refractivity contribution in [1.82, 2.24) is 0 Å². The molecule has 13 nitrogen and oxygen atoms in total. The fraction of sp³-hybridized carbons (Fsp3) is 0.933. The van der Waals surface area contributed by atoms with Gasteiger partial charge >= 0.3 is 5.97 Å². The van der Waals surface area contributed by atoms with Crippen LogP contribution in [0.1, 0.15) is 6.42 Å². The Hall–Kier alpha value is -0.970. The van der Waals surface area contributed by atoms with E-state index < -0.39 is 87.0 Å². The summed E-state index contributed by atoms with van der Waals surface area (Å²) >= 11 is 0. The molecule has 0 aromatic carbocycles. The van der Waals surface area contributed by atoms with E-state index in [1.807, 2.05) is 0 Å². The minimum Gasteiger partial charge on any atom is -0.481 e. The molecule has 164 valence electrons. The van der Waals surface area contributed by atoms with Gasteiger partial charge in [0.1, 0.15) is 48.8 Å². The third-order valence-electron chi connectivity index (χ3n) is 4.58. The molecule has 2 saturated heterocycles. The fourth-order valence-corrected chi connectivity index (χ4v) is 3.03. The van der Waals surface area contributed by atoms with Gasteiger partial charge in [-0.3, -0.25) is 4.79 Å². The lowest BCUT2D eigenvalue weighted by molar-refractivity contribution is -0.357. The number of carboxylic acid groups (broad SMARTS) is 1. The zero-order valence-corrected chi connectivity index (χ0v) is 14.7. The minimum absolute atomic E-state index is 0.349. The third-order valence-corrected chi connectivity index (χ3v) is 4.58. The van der Waals surface area contributed by atoms with E-state index in [1.54, 1.807) is 0 Å². The fourth-order valence-electron chi connectivity index (χ4n) is 3.03. The van der Waals surface area contributed by atoms with Crippen molar-refractivity contribution in [1.29, 1.82) is 0 Å². The first-order chi connectivity index (χ1) is 13.2. The molecule has 0 unspecified atom stereocenters. The highest BCUT2D eigenvalue weighted by Crippen LogP contribution is 2.29. The average molecular weight is 414 g/mol. The standard InChI is InChI=1S/C15H26O13/c16-3-5-8(20)13(25-2-1-7(18)19)11(23)15(27-5)28-12-6(4-17)26-14(24)10(22)9(12)21/h5-6,8-17,20-24H,1-4H2,(H,18,19)/t5-,6-,8-,9-,10-,11-,12-,13+,14-,15-/m1/s1. The zero-order chi connectivity index (χ0) is 21.0. The molecular formula is C15H26O13. The second-order valence-electron chi connectivity index (χ2n) is 6.52. The second-order valence-corrected chi connectivity index (χ2v) is 6.52. The van der Waals surface area contributed by atoms with Crippen LogP contribution in [-0.2, 0) is 23.7 Å². The number of hydrogen-bond acceptors (Lipinski definition) is 12. The van der Waals surface area contributed by atoms with Crippen LogP contribution in [0.25, 0.3) is 0 Å². The highest BCUT2D eigenvalue weighted by atomic mass is 16.7. The predicted molar refractivity (Wildman–Crippen MR) is 84.6 cm³/mol. The maximum absolute atomic E-state index is 10.6. The number of aliphatic carboxylic acids is 1. The summed E-state index contributed by atoms with van der Waals surface area (Å²) in [6.45, 7) is -1.75. The Labute approximate surface area is 159 Å². The molecule has 28 heavy (non-hydrogen) atoms. The van der Waals surface area contributed by atoms with Gasteiger partial charge in [0, 0.05) is 0 Å². The molecule has 0 aromatic rings. The maximum atomic E-state index is 10.6. The molecule has 8 N–H and O–H groups in total. The Bertz CT molecular complexity index is 502. The Kier molecular flexibility index (Phi) is 8.47. The monoisotopic (exact) mass is 414 g/mol. The molecule has 2 aliphatic rings. The van der Waals surface area contributed by atoms with Crippen LogP contribution in [0.5, 0.6) is 0 Å². The number of aliphatic hydroxyl groups excluding tert-OH is 7. The molecule has 0 saturated carbocycles. The van der Waals surface area contributed by atoms with Gasteiger partial charge in [0.2, 0.25) is 0 Å². The number of carboxylic acids is 1. The average Bonchev–Trinajstić information content (AvgIpc) is 2.66. The number of rotatable bonds is 8. The van der Waals surface area contributed by atoms with E-state index in [1.165, 1.54) is 0 Å². The summed E-state index contributed by atoms with van der Waals surface area (Å²) in [5, 5.41) is 77.3. The Morgan fingerprint density at radius 1 is 0.821 bits per heavy atom. The predicted octanol–water partition coefficient (Wildman–Crippen LogP) is -4.90. The van der Waals surface area contributed by atoms with Crippen LogP contribution in [0.3, 0.4) is 0 Å². The maximum Gasteiger partial charge on any atom is 0.305 e. The lowest BCUT2D eigenvalue weighted by atomic mass is 9.97. The molecule has 0 bridgehead atoms. The van der Waals surface area contributed by atoms with Gasteiger partial charge in [0.25, 0.3) is 0 Å². The molecule has 2 aliphatic heterocycles. The van der Waals surface area contributed by atoms with Crippen LogP contribution in [0, 0.1) is 0 Å². The molecule has 13 heteroatoms. The molecule has 0 amide bonds. The number of ether oxygens (including phenoxy) is 4. The van der Waals surface area contributed by atoms with Crippen LogP contribution in [0.2, 0.25) is 0 Å². The van der Waals surface area contributed by atoms with E-state index in [4.69, 9.17) is 24.1 Å². The topological polar surface area (TPSA) is 216 Å². The van der Waals surface area contributed by atoms with Gasteiger partial charge in [-0.2, -0.15) is 0 Å². The minimum atomic E-state index is -1.77. The van der Waals surface area contributed by atoms with Gasteiger partial charge in [-0.05, 0) is 0 Å². The Balaban J connectivity index is 2.12. The van der Waals surface area contributed by atoms with Crippen LogP contribution in [0.4, 0.5) is 0 Å². The summed E-state index contributed by atoms with van der Waals surface area (Å²) in [6, 6.07) is 0. The van der Waals surface area contributed by atoms with Crippen molar-refractivity contribution in [3.8, 4) is 0 Å². The van der Waals surface area contributed by atoms with Crippen molar-refractivity contribution in [2.24, 2.45) is 0 Å². The van der Waals surface area contributed by atoms with Crippen molar-refractivity contribution in [2.45, 2.75) is 67.8 Å². The van der Waals surface area contributed by atoms with Crippen molar-refractivity contribution in [2.75, 3.05) is 19.8 Å². The van der Waals surface area contributed by atoms with Crippen molar-refractivity contribution < 1.29 is 64.6 Å². The molecule has 0 aliphatic carbocycles. The van der Waals surface area contributed by atoms with Gasteiger partial charge in [0.15, 0.2) is 12.6 Å². The van der Waals surface area contributed by atoms with Crippen molar-refractivity contribution >= 4 is 5.97 Å². The van der Waals surface area contributed by atoms with Gasteiger partial charge in [-0.25, -0.2) is 0 Å². The molecule has 10 atom stereocenters. The Morgan fingerprint density at radius 3 is 2.04 bits per heavy atom. The third kappa shape index (κ3) is 5.14. The van der Waals surface area contributed by atoms with Crippen LogP contribution in [-0.4, -0.2) is 128 Å². The summed E-state index contributed by atoms with van der Waals surface area (Å²) in [7, 11) is 0. The van der Waals surface area contributed by atoms with Crippen LogP contribution >= 0.6 is 0 Å². The Morgan fingerprint density at radius 2 is 1.46 bits per heavy atom. The van der Waals surface area contributed by atoms with Gasteiger partial charge in [-0.15, -0.1) is 0 Å². The smallest absolute Gasteiger partial charge is 0.305 e. The molecule has 0 radical (unpaired) electrons. The van der Waals surface area contributed by atoms with Crippen LogP contribution < -0.4 is 0 Å². The summed E-state index contributed by atoms with van der Waals surface area (Å²) in [5.74, 6) is -1.16. The van der Waals surface area contributed by atoms with Crippen molar-refractivity contribution in [3.63, 3.8) is 0 Å². The van der Waals surface area contributed by atoms with E-state index in [0.717, 1.165) is 0 Å². The van der Waals surface area contributed by atoms with Crippen LogP contribution in [0.15, 0.2) is 0 Å². The number of hydrogen-bond donors (Lipinski definition) is 8. The molecule has 2 fully saturated rings. The number of carbonyl (C=O) groups is 1. The van der Waals surface area contributed by atoms with E-state index in [0.29, 0.717) is 0 Å². The molecule has 2 rings (SSSR count). The first-order valence-corrected chi connectivity index (χ1v) is 8.63. The molecule has 2 heterocycles. The van der Waals surface area contributed by atoms with Gasteiger partial charge in [0.05, 0.1) is 26.2 Å². The van der Waals surface area contributed by atoms with Gasteiger partial charge in [-0.1, -0.05) is 0 Å². The highest BCUT2D eigenvalue weighted by molar-refractivity contribution is 5.66. The number of aliphatic hydroxyl groups is 7. The van der Waals surface area contributed by atoms with E-state index in [9.17, 15) is 40.5 Å². The lowest BCUT2D eigenvalue weighted by Crippen LogP contribution is -2.64. The second kappa shape index (κ2) is 10.2. The summed E-state index contributed by atoms with van der Waals surface area (Å²) in [6.07, 6.45) is -15.8.